The van der Waals surface area contributed by atoms with Crippen molar-refractivity contribution >= 4 is 34.5 Å². The maximum absolute atomic E-state index is 12.0. The molecule has 0 radical (unpaired) electrons. The Balaban J connectivity index is 2.88. The summed E-state index contributed by atoms with van der Waals surface area (Å²) < 4.78 is 0.882. The summed E-state index contributed by atoms with van der Waals surface area (Å²) >= 11 is 7.56. The first-order valence-electron chi connectivity index (χ1n) is 4.84. The van der Waals surface area contributed by atoms with Crippen molar-refractivity contribution in [2.45, 2.75) is 17.9 Å². The minimum Gasteiger partial charge on any atom is -0.392 e. The van der Waals surface area contributed by atoms with E-state index in [1.165, 1.54) is 4.90 Å². The normalized spacial score (nSPS) is 12.3. The fourth-order valence-corrected chi connectivity index (χ4v) is 2.22. The molecule has 1 rings (SSSR count). The molecule has 1 aromatic rings. The Bertz CT molecular complexity index is 396. The van der Waals surface area contributed by atoms with Crippen LogP contribution in [0.5, 0.6) is 0 Å². The van der Waals surface area contributed by atoms with E-state index >= 15 is 0 Å². The zero-order valence-electron chi connectivity index (χ0n) is 9.14. The standard InChI is InChI=1S/C11H14BrNO2S/c1-7(14)6-13(2)11(15)9-4-3-8(12)5-10(9)16/h3-5,7,14,16H,6H2,1-2H3. The second-order valence-electron chi connectivity index (χ2n) is 3.70. The third kappa shape index (κ3) is 3.50. The van der Waals surface area contributed by atoms with Crippen LogP contribution in [-0.4, -0.2) is 35.6 Å². The van der Waals surface area contributed by atoms with Gasteiger partial charge in [-0.3, -0.25) is 4.79 Å². The third-order valence-corrected chi connectivity index (χ3v) is 2.94. The maximum atomic E-state index is 12.0. The van der Waals surface area contributed by atoms with E-state index in [4.69, 9.17) is 0 Å². The average Bonchev–Trinajstić information content (AvgIpc) is 2.15. The lowest BCUT2D eigenvalue weighted by atomic mass is 10.2. The van der Waals surface area contributed by atoms with Crippen molar-refractivity contribution in [3.8, 4) is 0 Å². The van der Waals surface area contributed by atoms with E-state index in [2.05, 4.69) is 28.6 Å². The van der Waals surface area contributed by atoms with Gasteiger partial charge in [0, 0.05) is 23.0 Å². The van der Waals surface area contributed by atoms with Gasteiger partial charge in [-0.1, -0.05) is 15.9 Å². The highest BCUT2D eigenvalue weighted by Crippen LogP contribution is 2.20. The molecule has 0 saturated carbocycles. The number of rotatable bonds is 3. The van der Waals surface area contributed by atoms with Crippen LogP contribution in [0.1, 0.15) is 17.3 Å². The number of carbonyl (C=O) groups excluding carboxylic acids is 1. The van der Waals surface area contributed by atoms with Crippen molar-refractivity contribution in [3.05, 3.63) is 28.2 Å². The lowest BCUT2D eigenvalue weighted by Crippen LogP contribution is -2.33. The molecule has 0 aliphatic rings. The van der Waals surface area contributed by atoms with Crippen LogP contribution in [0.15, 0.2) is 27.6 Å². The molecule has 1 atom stereocenters. The number of hydrogen-bond donors (Lipinski definition) is 2. The molecular formula is C11H14BrNO2S. The van der Waals surface area contributed by atoms with E-state index in [1.807, 2.05) is 0 Å². The fourth-order valence-electron chi connectivity index (χ4n) is 1.37. The van der Waals surface area contributed by atoms with Crippen molar-refractivity contribution in [1.82, 2.24) is 4.90 Å². The van der Waals surface area contributed by atoms with Gasteiger partial charge in [-0.25, -0.2) is 0 Å². The number of likely N-dealkylation sites (N-methyl/N-ethyl adjacent to an activating group) is 1. The van der Waals surface area contributed by atoms with E-state index in [0.717, 1.165) is 4.47 Å². The van der Waals surface area contributed by atoms with Crippen LogP contribution in [0, 0.1) is 0 Å². The number of thiol groups is 1. The molecule has 0 aliphatic heterocycles. The molecular weight excluding hydrogens is 290 g/mol. The predicted molar refractivity (Wildman–Crippen MR) is 70.0 cm³/mol. The second kappa shape index (κ2) is 5.70. The summed E-state index contributed by atoms with van der Waals surface area (Å²) in [6, 6.07) is 5.28. The molecule has 1 aromatic carbocycles. The minimum atomic E-state index is -0.534. The summed E-state index contributed by atoms with van der Waals surface area (Å²) in [5, 5.41) is 9.21. The number of hydrogen-bond acceptors (Lipinski definition) is 3. The number of carbonyl (C=O) groups is 1. The number of amides is 1. The number of aliphatic hydroxyl groups excluding tert-OH is 1. The van der Waals surface area contributed by atoms with Gasteiger partial charge in [-0.2, -0.15) is 0 Å². The first-order valence-corrected chi connectivity index (χ1v) is 6.08. The first kappa shape index (κ1) is 13.5. The van der Waals surface area contributed by atoms with Gasteiger partial charge in [0.05, 0.1) is 11.7 Å². The van der Waals surface area contributed by atoms with Gasteiger partial charge in [0.1, 0.15) is 0 Å². The van der Waals surface area contributed by atoms with Gasteiger partial charge in [-0.15, -0.1) is 12.6 Å². The highest BCUT2D eigenvalue weighted by molar-refractivity contribution is 9.10. The highest BCUT2D eigenvalue weighted by Gasteiger charge is 2.15. The van der Waals surface area contributed by atoms with Crippen molar-refractivity contribution in [2.75, 3.05) is 13.6 Å². The fraction of sp³-hybridized carbons (Fsp3) is 0.364. The second-order valence-corrected chi connectivity index (χ2v) is 5.09. The Labute approximate surface area is 109 Å². The lowest BCUT2D eigenvalue weighted by molar-refractivity contribution is 0.0700. The smallest absolute Gasteiger partial charge is 0.254 e. The van der Waals surface area contributed by atoms with Crippen LogP contribution in [0.4, 0.5) is 0 Å². The number of aliphatic hydroxyl groups is 1. The SMILES string of the molecule is CC(O)CN(C)C(=O)c1ccc(Br)cc1S. The average molecular weight is 304 g/mol. The molecule has 0 fully saturated rings. The molecule has 1 N–H and O–H groups in total. The summed E-state index contributed by atoms with van der Waals surface area (Å²) in [6.45, 7) is 1.95. The van der Waals surface area contributed by atoms with Gasteiger partial charge >= 0.3 is 0 Å². The Hall–Kier alpha value is -0.520. The Morgan fingerprint density at radius 1 is 1.62 bits per heavy atom. The van der Waals surface area contributed by atoms with Gasteiger partial charge in [0.25, 0.3) is 5.91 Å². The van der Waals surface area contributed by atoms with Gasteiger partial charge < -0.3 is 10.0 Å². The van der Waals surface area contributed by atoms with Crippen LogP contribution in [-0.2, 0) is 0 Å². The third-order valence-electron chi connectivity index (χ3n) is 2.07. The van der Waals surface area contributed by atoms with Crippen LogP contribution in [0.2, 0.25) is 0 Å². The van der Waals surface area contributed by atoms with E-state index in [0.29, 0.717) is 17.0 Å². The summed E-state index contributed by atoms with van der Waals surface area (Å²) in [5.74, 6) is -0.140. The molecule has 88 valence electrons. The zero-order valence-corrected chi connectivity index (χ0v) is 11.6. The largest absolute Gasteiger partial charge is 0.392 e. The predicted octanol–water partition coefficient (Wildman–Crippen LogP) is 2.19. The number of nitrogens with zero attached hydrogens (tertiary/aromatic N) is 1. The molecule has 0 aliphatic carbocycles. The van der Waals surface area contributed by atoms with E-state index in [-0.39, 0.29) is 5.91 Å². The molecule has 0 saturated heterocycles. The van der Waals surface area contributed by atoms with Crippen molar-refractivity contribution in [1.29, 1.82) is 0 Å². The van der Waals surface area contributed by atoms with Crippen molar-refractivity contribution in [2.24, 2.45) is 0 Å². The topological polar surface area (TPSA) is 40.5 Å². The molecule has 1 unspecified atom stereocenters. The molecule has 0 spiro atoms. The van der Waals surface area contributed by atoms with Crippen LogP contribution >= 0.6 is 28.6 Å². The molecule has 0 bridgehead atoms. The quantitative estimate of drug-likeness (QED) is 0.841. The van der Waals surface area contributed by atoms with Crippen molar-refractivity contribution < 1.29 is 9.90 Å². The van der Waals surface area contributed by atoms with E-state index in [1.54, 1.807) is 32.2 Å². The van der Waals surface area contributed by atoms with Gasteiger partial charge in [0.2, 0.25) is 0 Å². The minimum absolute atomic E-state index is 0.140. The van der Waals surface area contributed by atoms with Crippen LogP contribution < -0.4 is 0 Å². The van der Waals surface area contributed by atoms with E-state index < -0.39 is 6.10 Å². The number of halogens is 1. The highest BCUT2D eigenvalue weighted by atomic mass is 79.9. The summed E-state index contributed by atoms with van der Waals surface area (Å²) in [4.78, 5) is 14.1. The lowest BCUT2D eigenvalue weighted by Gasteiger charge is -2.19. The van der Waals surface area contributed by atoms with Gasteiger partial charge in [-0.05, 0) is 25.1 Å². The molecule has 3 nitrogen and oxygen atoms in total. The Morgan fingerprint density at radius 3 is 2.75 bits per heavy atom. The molecule has 16 heavy (non-hydrogen) atoms. The van der Waals surface area contributed by atoms with Crippen molar-refractivity contribution in [3.63, 3.8) is 0 Å². The van der Waals surface area contributed by atoms with Crippen LogP contribution in [0.3, 0.4) is 0 Å². The summed E-state index contributed by atoms with van der Waals surface area (Å²) in [6.07, 6.45) is -0.534. The van der Waals surface area contributed by atoms with E-state index in [9.17, 15) is 9.90 Å². The molecule has 0 aromatic heterocycles. The summed E-state index contributed by atoms with van der Waals surface area (Å²) in [5.41, 5.74) is 0.537. The Morgan fingerprint density at radius 2 is 2.25 bits per heavy atom. The maximum Gasteiger partial charge on any atom is 0.254 e. The number of benzene rings is 1. The zero-order chi connectivity index (χ0) is 12.3. The van der Waals surface area contributed by atoms with Gasteiger partial charge in [0.15, 0.2) is 0 Å². The molecule has 0 heterocycles. The molecule has 5 heteroatoms. The van der Waals surface area contributed by atoms with Crippen LogP contribution in [0.25, 0.3) is 0 Å². The first-order chi connectivity index (χ1) is 7.41. The molecule has 1 amide bonds. The monoisotopic (exact) mass is 303 g/mol. The Kier molecular flexibility index (Phi) is 4.83. The summed E-state index contributed by atoms with van der Waals surface area (Å²) in [7, 11) is 1.66.